The largest absolute Gasteiger partial charge is 0.392 e. The Balaban J connectivity index is 1.90. The van der Waals surface area contributed by atoms with E-state index < -0.39 is 0 Å². The van der Waals surface area contributed by atoms with Gasteiger partial charge in [-0.1, -0.05) is 23.7 Å². The molecular formula is C13H18ClNO. The van der Waals surface area contributed by atoms with Crippen molar-refractivity contribution in [3.05, 3.63) is 34.9 Å². The molecule has 16 heavy (non-hydrogen) atoms. The number of hydrogen-bond donors (Lipinski definition) is 2. The lowest BCUT2D eigenvalue weighted by Gasteiger charge is -2.27. The zero-order valence-electron chi connectivity index (χ0n) is 9.32. The highest BCUT2D eigenvalue weighted by Crippen LogP contribution is 2.19. The number of hydrogen-bond acceptors (Lipinski definition) is 2. The van der Waals surface area contributed by atoms with Crippen LogP contribution >= 0.6 is 11.6 Å². The number of rotatable bonds is 3. The molecule has 2 nitrogen and oxygen atoms in total. The molecule has 0 radical (unpaired) electrons. The highest BCUT2D eigenvalue weighted by molar-refractivity contribution is 6.30. The molecule has 1 aromatic rings. The van der Waals surface area contributed by atoms with Crippen LogP contribution in [-0.2, 0) is 6.42 Å². The van der Waals surface area contributed by atoms with Gasteiger partial charge < -0.3 is 10.4 Å². The van der Waals surface area contributed by atoms with Gasteiger partial charge in [0.05, 0.1) is 6.10 Å². The fourth-order valence-corrected chi connectivity index (χ4v) is 2.36. The molecule has 1 aliphatic heterocycles. The maximum absolute atomic E-state index is 10.1. The molecule has 1 aliphatic rings. The van der Waals surface area contributed by atoms with E-state index in [1.54, 1.807) is 0 Å². The van der Waals surface area contributed by atoms with Crippen LogP contribution in [-0.4, -0.2) is 24.3 Å². The zero-order chi connectivity index (χ0) is 11.4. The first-order valence-corrected chi connectivity index (χ1v) is 6.27. The molecule has 1 aromatic carbocycles. The molecule has 0 aromatic heterocycles. The summed E-state index contributed by atoms with van der Waals surface area (Å²) in [5.41, 5.74) is 1.16. The smallest absolute Gasteiger partial charge is 0.0620 e. The summed E-state index contributed by atoms with van der Waals surface area (Å²) in [5, 5.41) is 14.2. The first-order chi connectivity index (χ1) is 7.75. The third-order valence-corrected chi connectivity index (χ3v) is 3.49. The maximum atomic E-state index is 10.1. The van der Waals surface area contributed by atoms with Gasteiger partial charge >= 0.3 is 0 Å². The third-order valence-electron chi connectivity index (χ3n) is 3.24. The Kier molecular flexibility index (Phi) is 4.22. The van der Waals surface area contributed by atoms with Crippen molar-refractivity contribution in [2.24, 2.45) is 5.92 Å². The fourth-order valence-electron chi connectivity index (χ4n) is 2.24. The molecular weight excluding hydrogens is 222 g/mol. The van der Waals surface area contributed by atoms with E-state index in [4.69, 9.17) is 11.6 Å². The van der Waals surface area contributed by atoms with Gasteiger partial charge in [0.15, 0.2) is 0 Å². The van der Waals surface area contributed by atoms with Crippen LogP contribution in [0.25, 0.3) is 0 Å². The van der Waals surface area contributed by atoms with Crippen LogP contribution in [0.2, 0.25) is 5.02 Å². The molecule has 88 valence electrons. The monoisotopic (exact) mass is 239 g/mol. The highest BCUT2D eigenvalue weighted by atomic mass is 35.5. The minimum atomic E-state index is -0.242. The summed E-state index contributed by atoms with van der Waals surface area (Å²) in [5.74, 6) is 0.393. The summed E-state index contributed by atoms with van der Waals surface area (Å²) in [7, 11) is 0. The van der Waals surface area contributed by atoms with E-state index in [1.165, 1.54) is 6.42 Å². The number of benzene rings is 1. The Morgan fingerprint density at radius 3 is 2.75 bits per heavy atom. The molecule has 2 N–H and O–H groups in total. The zero-order valence-corrected chi connectivity index (χ0v) is 10.1. The Morgan fingerprint density at radius 2 is 2.12 bits per heavy atom. The van der Waals surface area contributed by atoms with Gasteiger partial charge in [0.2, 0.25) is 0 Å². The Bertz CT molecular complexity index is 319. The summed E-state index contributed by atoms with van der Waals surface area (Å²) >= 11 is 5.82. The quantitative estimate of drug-likeness (QED) is 0.848. The van der Waals surface area contributed by atoms with Gasteiger partial charge in [-0.15, -0.1) is 0 Å². The van der Waals surface area contributed by atoms with Crippen molar-refractivity contribution in [3.8, 4) is 0 Å². The van der Waals surface area contributed by atoms with Crippen molar-refractivity contribution >= 4 is 11.6 Å². The fraction of sp³-hybridized carbons (Fsp3) is 0.538. The molecule has 0 bridgehead atoms. The first-order valence-electron chi connectivity index (χ1n) is 5.89. The summed E-state index contributed by atoms with van der Waals surface area (Å²) in [4.78, 5) is 0. The van der Waals surface area contributed by atoms with Crippen molar-refractivity contribution in [1.29, 1.82) is 0 Å². The minimum absolute atomic E-state index is 0.242. The SMILES string of the molecule is O[C@H](Cc1ccc(Cl)cc1)[C@@H]1CCCNC1. The molecule has 3 heteroatoms. The Morgan fingerprint density at radius 1 is 1.38 bits per heavy atom. The van der Waals surface area contributed by atoms with Crippen LogP contribution in [0.5, 0.6) is 0 Å². The highest BCUT2D eigenvalue weighted by Gasteiger charge is 2.21. The minimum Gasteiger partial charge on any atom is -0.392 e. The predicted molar refractivity (Wildman–Crippen MR) is 66.8 cm³/mol. The van der Waals surface area contributed by atoms with Crippen molar-refractivity contribution in [2.45, 2.75) is 25.4 Å². The number of halogens is 1. The molecule has 1 saturated heterocycles. The van der Waals surface area contributed by atoms with E-state index >= 15 is 0 Å². The van der Waals surface area contributed by atoms with Crippen LogP contribution in [0.1, 0.15) is 18.4 Å². The van der Waals surface area contributed by atoms with E-state index in [0.29, 0.717) is 5.92 Å². The molecule has 1 heterocycles. The van der Waals surface area contributed by atoms with Crippen LogP contribution in [0.15, 0.2) is 24.3 Å². The standard InChI is InChI=1S/C13H18ClNO/c14-12-5-3-10(4-6-12)8-13(16)11-2-1-7-15-9-11/h3-6,11,13,15-16H,1-2,7-9H2/t11-,13-/m1/s1. The van der Waals surface area contributed by atoms with Gasteiger partial charge in [0.1, 0.15) is 0 Å². The first kappa shape index (κ1) is 11.9. The third kappa shape index (κ3) is 3.21. The van der Waals surface area contributed by atoms with Crippen molar-refractivity contribution in [2.75, 3.05) is 13.1 Å². The van der Waals surface area contributed by atoms with E-state index in [9.17, 15) is 5.11 Å². The van der Waals surface area contributed by atoms with E-state index in [-0.39, 0.29) is 6.10 Å². The molecule has 0 aliphatic carbocycles. The molecule has 1 fully saturated rings. The van der Waals surface area contributed by atoms with Gasteiger partial charge in [-0.3, -0.25) is 0 Å². The molecule has 0 saturated carbocycles. The average molecular weight is 240 g/mol. The van der Waals surface area contributed by atoms with Crippen molar-refractivity contribution in [3.63, 3.8) is 0 Å². The topological polar surface area (TPSA) is 32.3 Å². The molecule has 0 amide bonds. The predicted octanol–water partition coefficient (Wildman–Crippen LogP) is 2.24. The number of aliphatic hydroxyl groups is 1. The van der Waals surface area contributed by atoms with E-state index in [2.05, 4.69) is 5.32 Å². The normalized spacial score (nSPS) is 23.0. The lowest BCUT2D eigenvalue weighted by atomic mass is 9.90. The molecule has 0 unspecified atom stereocenters. The molecule has 2 atom stereocenters. The van der Waals surface area contributed by atoms with Crippen LogP contribution < -0.4 is 5.32 Å². The van der Waals surface area contributed by atoms with Gasteiger partial charge in [0.25, 0.3) is 0 Å². The van der Waals surface area contributed by atoms with Crippen LogP contribution in [0.4, 0.5) is 0 Å². The lowest BCUT2D eigenvalue weighted by Crippen LogP contribution is -2.37. The lowest BCUT2D eigenvalue weighted by molar-refractivity contribution is 0.0922. The Hall–Kier alpha value is -0.570. The summed E-state index contributed by atoms with van der Waals surface area (Å²) in [6.45, 7) is 2.03. The van der Waals surface area contributed by atoms with E-state index in [1.807, 2.05) is 24.3 Å². The number of nitrogens with one attached hydrogen (secondary N) is 1. The molecule has 0 spiro atoms. The Labute approximate surface area is 102 Å². The van der Waals surface area contributed by atoms with Crippen molar-refractivity contribution in [1.82, 2.24) is 5.32 Å². The summed E-state index contributed by atoms with van der Waals surface area (Å²) in [6.07, 6.45) is 2.78. The summed E-state index contributed by atoms with van der Waals surface area (Å²) < 4.78 is 0. The number of piperidine rings is 1. The maximum Gasteiger partial charge on any atom is 0.0620 e. The number of aliphatic hydroxyl groups excluding tert-OH is 1. The van der Waals surface area contributed by atoms with Crippen LogP contribution in [0, 0.1) is 5.92 Å². The average Bonchev–Trinajstić information content (AvgIpc) is 2.33. The summed E-state index contributed by atoms with van der Waals surface area (Å²) in [6, 6.07) is 7.73. The van der Waals surface area contributed by atoms with E-state index in [0.717, 1.165) is 36.5 Å². The van der Waals surface area contributed by atoms with Gasteiger partial charge in [-0.05, 0) is 49.4 Å². The van der Waals surface area contributed by atoms with Gasteiger partial charge in [-0.25, -0.2) is 0 Å². The second kappa shape index (κ2) is 5.67. The second-order valence-corrected chi connectivity index (χ2v) is 4.94. The van der Waals surface area contributed by atoms with Gasteiger partial charge in [-0.2, -0.15) is 0 Å². The van der Waals surface area contributed by atoms with Crippen LogP contribution in [0.3, 0.4) is 0 Å². The van der Waals surface area contributed by atoms with Crippen molar-refractivity contribution < 1.29 is 5.11 Å². The molecule has 2 rings (SSSR count). The van der Waals surface area contributed by atoms with Gasteiger partial charge in [0, 0.05) is 11.6 Å². The second-order valence-electron chi connectivity index (χ2n) is 4.50.